The number of aromatic nitrogens is 2. The monoisotopic (exact) mass is 671 g/mol. The summed E-state index contributed by atoms with van der Waals surface area (Å²) in [6.07, 6.45) is -0.240. The highest BCUT2D eigenvalue weighted by molar-refractivity contribution is 6.16. The van der Waals surface area contributed by atoms with E-state index in [0.717, 1.165) is 33.9 Å². The van der Waals surface area contributed by atoms with Crippen LogP contribution in [0.1, 0.15) is 29.0 Å². The molecule has 1 aliphatic heterocycles. The third-order valence-electron chi connectivity index (χ3n) is 10.8. The lowest BCUT2D eigenvalue weighted by Gasteiger charge is -2.45. The summed E-state index contributed by atoms with van der Waals surface area (Å²) in [5.41, 5.74) is 10.4. The predicted molar refractivity (Wildman–Crippen MR) is 216 cm³/mol. The second-order valence-corrected chi connectivity index (χ2v) is 13.7. The van der Waals surface area contributed by atoms with E-state index in [1.807, 2.05) is 0 Å². The zero-order chi connectivity index (χ0) is 34.8. The third-order valence-corrected chi connectivity index (χ3v) is 10.8. The molecule has 1 aliphatic rings. The van der Waals surface area contributed by atoms with Gasteiger partial charge < -0.3 is 14.0 Å². The molecule has 5 heteroatoms. The first-order chi connectivity index (χ1) is 25.7. The smallest absolute Gasteiger partial charge is 0.136 e. The van der Waals surface area contributed by atoms with Gasteiger partial charge in [-0.15, -0.1) is 0 Å². The number of aliphatic imine (C=N–C) groups is 1. The Morgan fingerprint density at radius 1 is 0.442 bits per heavy atom. The van der Waals surface area contributed by atoms with Crippen molar-refractivity contribution >= 4 is 49.4 Å². The Kier molecular flexibility index (Phi) is 7.08. The van der Waals surface area contributed by atoms with Crippen molar-refractivity contribution in [1.29, 1.82) is 0 Å². The summed E-state index contributed by atoms with van der Waals surface area (Å²) in [5.74, 6) is 0.955. The molecule has 0 bridgehead atoms. The lowest BCUT2D eigenvalue weighted by atomic mass is 10.0. The Labute approximate surface area is 302 Å². The predicted octanol–water partition coefficient (Wildman–Crippen LogP) is 10.9. The van der Waals surface area contributed by atoms with E-state index < -0.39 is 0 Å². The summed E-state index contributed by atoms with van der Waals surface area (Å²) in [4.78, 5) is 10.4. The van der Waals surface area contributed by atoms with E-state index in [9.17, 15) is 0 Å². The molecule has 0 fully saturated rings. The molecule has 0 saturated carbocycles. The van der Waals surface area contributed by atoms with Crippen molar-refractivity contribution in [2.45, 2.75) is 12.3 Å². The molecule has 250 valence electrons. The molecular formula is C47H37N5. The van der Waals surface area contributed by atoms with Gasteiger partial charge in [-0.3, -0.25) is 4.90 Å². The quantitative estimate of drug-likeness (QED) is 0.182. The van der Waals surface area contributed by atoms with Crippen molar-refractivity contribution in [2.24, 2.45) is 4.99 Å². The molecule has 3 heterocycles. The summed E-state index contributed by atoms with van der Waals surface area (Å²) < 4.78 is 4.86. The fourth-order valence-electron chi connectivity index (χ4n) is 8.50. The molecule has 2 atom stereocenters. The molecule has 52 heavy (non-hydrogen) atoms. The number of benzene rings is 7. The van der Waals surface area contributed by atoms with Crippen LogP contribution in [0.5, 0.6) is 0 Å². The minimum Gasteiger partial charge on any atom is -0.339 e. The van der Waals surface area contributed by atoms with Crippen LogP contribution in [0.15, 0.2) is 181 Å². The molecule has 0 radical (unpaired) electrons. The molecule has 5 nitrogen and oxygen atoms in total. The molecule has 2 unspecified atom stereocenters. The Morgan fingerprint density at radius 2 is 0.923 bits per heavy atom. The second kappa shape index (κ2) is 12.1. The number of para-hydroxylation sites is 4. The maximum absolute atomic E-state index is 5.69. The molecule has 0 amide bonds. The number of nitrogens with zero attached hydrogens (tertiary/aromatic N) is 5. The molecule has 10 rings (SSSR count). The number of hydrogen-bond acceptors (Lipinski definition) is 3. The molecule has 7 aromatic carbocycles. The minimum atomic E-state index is -0.190. The highest BCUT2D eigenvalue weighted by atomic mass is 15.4. The maximum atomic E-state index is 5.69. The van der Waals surface area contributed by atoms with Crippen molar-refractivity contribution in [3.05, 3.63) is 193 Å². The van der Waals surface area contributed by atoms with Gasteiger partial charge in [-0.2, -0.15) is 0 Å². The highest BCUT2D eigenvalue weighted by Gasteiger charge is 2.37. The number of amidine groups is 1. The third kappa shape index (κ3) is 4.63. The van der Waals surface area contributed by atoms with E-state index in [-0.39, 0.29) is 12.3 Å². The van der Waals surface area contributed by atoms with Gasteiger partial charge in [0, 0.05) is 39.8 Å². The molecule has 0 N–H and O–H groups in total. The SMILES string of the molecule is CN1C(c2cc3c4ccccc4n(-c4ccccc4)c3cc2-n2c3ccccc3c3ccccc32)=NC(c2ccccc2)N(C)C1c1ccccc1. The first-order valence-electron chi connectivity index (χ1n) is 17.9. The first kappa shape index (κ1) is 30.4. The van der Waals surface area contributed by atoms with Gasteiger partial charge in [0.15, 0.2) is 0 Å². The van der Waals surface area contributed by atoms with Crippen LogP contribution < -0.4 is 0 Å². The summed E-state index contributed by atoms with van der Waals surface area (Å²) in [5, 5.41) is 4.87. The Morgan fingerprint density at radius 3 is 1.52 bits per heavy atom. The van der Waals surface area contributed by atoms with Crippen LogP contribution in [0, 0.1) is 0 Å². The van der Waals surface area contributed by atoms with E-state index >= 15 is 0 Å². The molecule has 9 aromatic rings. The Hall–Kier alpha value is -6.43. The molecule has 0 saturated heterocycles. The van der Waals surface area contributed by atoms with Crippen LogP contribution in [-0.4, -0.2) is 38.9 Å². The Bertz CT molecular complexity index is 2730. The van der Waals surface area contributed by atoms with E-state index in [1.54, 1.807) is 0 Å². The lowest BCUT2D eigenvalue weighted by Crippen LogP contribution is -2.47. The fraction of sp³-hybridized carbons (Fsp3) is 0.0851. The molecular weight excluding hydrogens is 635 g/mol. The topological polar surface area (TPSA) is 28.7 Å². The molecule has 0 aliphatic carbocycles. The lowest BCUT2D eigenvalue weighted by molar-refractivity contribution is 0.0744. The number of hydrogen-bond donors (Lipinski definition) is 0. The fourth-order valence-corrected chi connectivity index (χ4v) is 8.50. The zero-order valence-electron chi connectivity index (χ0n) is 29.1. The van der Waals surface area contributed by atoms with Crippen molar-refractivity contribution < 1.29 is 0 Å². The summed E-state index contributed by atoms with van der Waals surface area (Å²) in [6, 6.07) is 63.3. The van der Waals surface area contributed by atoms with Crippen LogP contribution >= 0.6 is 0 Å². The van der Waals surface area contributed by atoms with E-state index in [0.29, 0.717) is 0 Å². The van der Waals surface area contributed by atoms with Gasteiger partial charge in [0.05, 0.1) is 27.8 Å². The van der Waals surface area contributed by atoms with Crippen LogP contribution in [0.2, 0.25) is 0 Å². The van der Waals surface area contributed by atoms with Gasteiger partial charge in [0.2, 0.25) is 0 Å². The van der Waals surface area contributed by atoms with E-state index in [4.69, 9.17) is 4.99 Å². The van der Waals surface area contributed by atoms with Crippen molar-refractivity contribution in [3.8, 4) is 11.4 Å². The van der Waals surface area contributed by atoms with Crippen molar-refractivity contribution in [3.63, 3.8) is 0 Å². The van der Waals surface area contributed by atoms with Gasteiger partial charge in [-0.1, -0.05) is 133 Å². The number of fused-ring (bicyclic) bond motifs is 6. The van der Waals surface area contributed by atoms with Gasteiger partial charge >= 0.3 is 0 Å². The van der Waals surface area contributed by atoms with Gasteiger partial charge in [0.1, 0.15) is 18.2 Å². The zero-order valence-corrected chi connectivity index (χ0v) is 29.1. The number of rotatable bonds is 5. The standard InChI is InChI=1S/C47H37N5/c1-49-45(32-18-6-3-7-19-32)48-46(50(2)47(49)33-20-8-4-9-21-33)39-30-38-37-26-14-15-27-40(37)51(34-22-10-5-11-23-34)43(38)31-44(39)52-41-28-16-12-24-35(41)36-25-13-17-29-42(36)52/h3-31,45,47H,1-2H3. The molecule has 2 aromatic heterocycles. The summed E-state index contributed by atoms with van der Waals surface area (Å²) in [6.45, 7) is 0. The van der Waals surface area contributed by atoms with Crippen LogP contribution in [0.4, 0.5) is 0 Å². The van der Waals surface area contributed by atoms with Crippen LogP contribution in [-0.2, 0) is 0 Å². The largest absolute Gasteiger partial charge is 0.339 e. The van der Waals surface area contributed by atoms with Crippen molar-refractivity contribution in [1.82, 2.24) is 18.9 Å². The van der Waals surface area contributed by atoms with Gasteiger partial charge in [-0.05, 0) is 60.6 Å². The highest BCUT2D eigenvalue weighted by Crippen LogP contribution is 2.42. The van der Waals surface area contributed by atoms with Crippen LogP contribution in [0.25, 0.3) is 55.0 Å². The van der Waals surface area contributed by atoms with Crippen LogP contribution in [0.3, 0.4) is 0 Å². The minimum absolute atomic E-state index is 0.0498. The summed E-state index contributed by atoms with van der Waals surface area (Å²) in [7, 11) is 4.39. The van der Waals surface area contributed by atoms with Gasteiger partial charge in [-0.25, -0.2) is 4.99 Å². The normalized spacial score (nSPS) is 16.7. The Balaban J connectivity index is 1.35. The first-order valence-corrected chi connectivity index (χ1v) is 17.9. The summed E-state index contributed by atoms with van der Waals surface area (Å²) >= 11 is 0. The van der Waals surface area contributed by atoms with Gasteiger partial charge in [0.25, 0.3) is 0 Å². The maximum Gasteiger partial charge on any atom is 0.136 e. The average Bonchev–Trinajstić information content (AvgIpc) is 3.71. The van der Waals surface area contributed by atoms with Crippen molar-refractivity contribution in [2.75, 3.05) is 14.1 Å². The molecule has 0 spiro atoms. The second-order valence-electron chi connectivity index (χ2n) is 13.7. The van der Waals surface area contributed by atoms with E-state index in [1.165, 1.54) is 43.7 Å². The average molecular weight is 672 g/mol. The van der Waals surface area contributed by atoms with E-state index in [2.05, 4.69) is 209 Å².